The maximum atomic E-state index is 11.7. The summed E-state index contributed by atoms with van der Waals surface area (Å²) >= 11 is 3.36. The van der Waals surface area contributed by atoms with Gasteiger partial charge in [-0.2, -0.15) is 0 Å². The van der Waals surface area contributed by atoms with Crippen molar-refractivity contribution < 1.29 is 9.53 Å². The summed E-state index contributed by atoms with van der Waals surface area (Å²) in [6.45, 7) is 0.213. The van der Waals surface area contributed by atoms with E-state index in [0.29, 0.717) is 5.69 Å². The third-order valence-electron chi connectivity index (χ3n) is 2.25. The number of hydrogen-bond acceptors (Lipinski definition) is 4. The van der Waals surface area contributed by atoms with Crippen molar-refractivity contribution in [2.45, 2.75) is 6.61 Å². The highest BCUT2D eigenvalue weighted by molar-refractivity contribution is 9.10. The maximum absolute atomic E-state index is 11.7. The van der Waals surface area contributed by atoms with Crippen LogP contribution in [0.1, 0.15) is 16.1 Å². The second kappa shape index (κ2) is 5.64. The fourth-order valence-corrected chi connectivity index (χ4v) is 1.82. The van der Waals surface area contributed by atoms with Gasteiger partial charge in [-0.1, -0.05) is 28.1 Å². The highest BCUT2D eigenvalue weighted by atomic mass is 79.9. The zero-order valence-corrected chi connectivity index (χ0v) is 11.1. The zero-order valence-electron chi connectivity index (χ0n) is 9.47. The summed E-state index contributed by atoms with van der Waals surface area (Å²) in [7, 11) is 0. The molecular weight excluding hydrogens is 296 g/mol. The molecule has 1 aromatic carbocycles. The van der Waals surface area contributed by atoms with Gasteiger partial charge in [0.2, 0.25) is 0 Å². The van der Waals surface area contributed by atoms with Crippen molar-refractivity contribution in [2.75, 3.05) is 5.73 Å². The van der Waals surface area contributed by atoms with Crippen LogP contribution in [-0.2, 0) is 11.3 Å². The Morgan fingerprint density at radius 2 is 2.17 bits per heavy atom. The first-order chi connectivity index (χ1) is 8.65. The Hall–Kier alpha value is -1.88. The van der Waals surface area contributed by atoms with Crippen LogP contribution >= 0.6 is 15.9 Å². The Morgan fingerprint density at radius 3 is 2.83 bits per heavy atom. The quantitative estimate of drug-likeness (QED) is 0.886. The standard InChI is InChI=1S/C13H11BrN2O2/c14-10-3-1-2-9(6-10)8-18-13(17)12-5-4-11(15)7-16-12/h1-7H,8,15H2. The van der Waals surface area contributed by atoms with Crippen molar-refractivity contribution in [2.24, 2.45) is 0 Å². The lowest BCUT2D eigenvalue weighted by atomic mass is 10.2. The van der Waals surface area contributed by atoms with E-state index >= 15 is 0 Å². The van der Waals surface area contributed by atoms with Crippen LogP contribution in [0.25, 0.3) is 0 Å². The number of halogens is 1. The highest BCUT2D eigenvalue weighted by Crippen LogP contribution is 2.13. The van der Waals surface area contributed by atoms with Gasteiger partial charge in [-0.25, -0.2) is 9.78 Å². The monoisotopic (exact) mass is 306 g/mol. The van der Waals surface area contributed by atoms with E-state index in [2.05, 4.69) is 20.9 Å². The van der Waals surface area contributed by atoms with E-state index in [-0.39, 0.29) is 12.3 Å². The molecule has 0 spiro atoms. The van der Waals surface area contributed by atoms with Gasteiger partial charge in [-0.15, -0.1) is 0 Å². The van der Waals surface area contributed by atoms with E-state index in [1.807, 2.05) is 24.3 Å². The van der Waals surface area contributed by atoms with Crippen molar-refractivity contribution in [3.8, 4) is 0 Å². The first-order valence-electron chi connectivity index (χ1n) is 5.28. The van der Waals surface area contributed by atoms with Gasteiger partial charge in [0.25, 0.3) is 0 Å². The second-order valence-corrected chi connectivity index (χ2v) is 4.60. The number of ether oxygens (including phenoxy) is 1. The first kappa shape index (κ1) is 12.6. The van der Waals surface area contributed by atoms with Crippen LogP contribution in [-0.4, -0.2) is 11.0 Å². The predicted octanol–water partition coefficient (Wildman–Crippen LogP) is 2.78. The minimum absolute atomic E-state index is 0.213. The van der Waals surface area contributed by atoms with Gasteiger partial charge in [-0.3, -0.25) is 0 Å². The van der Waals surface area contributed by atoms with Crippen LogP contribution in [0.4, 0.5) is 5.69 Å². The summed E-state index contributed by atoms with van der Waals surface area (Å²) in [6, 6.07) is 10.7. The van der Waals surface area contributed by atoms with Gasteiger partial charge in [-0.05, 0) is 29.8 Å². The lowest BCUT2D eigenvalue weighted by molar-refractivity contribution is 0.0466. The molecule has 1 heterocycles. The fraction of sp³-hybridized carbons (Fsp3) is 0.0769. The van der Waals surface area contributed by atoms with Crippen LogP contribution in [0.5, 0.6) is 0 Å². The summed E-state index contributed by atoms with van der Waals surface area (Å²) in [5.74, 6) is -0.463. The normalized spacial score (nSPS) is 10.1. The average molecular weight is 307 g/mol. The number of nitrogen functional groups attached to an aromatic ring is 1. The molecule has 5 heteroatoms. The third kappa shape index (κ3) is 3.30. The molecule has 4 nitrogen and oxygen atoms in total. The zero-order chi connectivity index (χ0) is 13.0. The number of anilines is 1. The number of nitrogens with zero attached hydrogens (tertiary/aromatic N) is 1. The Kier molecular flexibility index (Phi) is 3.94. The van der Waals surface area contributed by atoms with Crippen LogP contribution in [0, 0.1) is 0 Å². The van der Waals surface area contributed by atoms with Crippen molar-refractivity contribution in [1.29, 1.82) is 0 Å². The molecule has 0 atom stereocenters. The molecule has 92 valence electrons. The molecule has 1 aromatic heterocycles. The van der Waals surface area contributed by atoms with Crippen molar-refractivity contribution >= 4 is 27.6 Å². The maximum Gasteiger partial charge on any atom is 0.357 e. The number of hydrogen-bond donors (Lipinski definition) is 1. The van der Waals surface area contributed by atoms with Gasteiger partial charge in [0.15, 0.2) is 0 Å². The Labute approximate surface area is 113 Å². The van der Waals surface area contributed by atoms with Gasteiger partial charge < -0.3 is 10.5 Å². The summed E-state index contributed by atoms with van der Waals surface area (Å²) in [5.41, 5.74) is 7.16. The van der Waals surface area contributed by atoms with Crippen LogP contribution in [0.3, 0.4) is 0 Å². The molecule has 2 rings (SSSR count). The van der Waals surface area contributed by atoms with Gasteiger partial charge in [0.05, 0.1) is 11.9 Å². The minimum atomic E-state index is -0.463. The molecular formula is C13H11BrN2O2. The number of rotatable bonds is 3. The SMILES string of the molecule is Nc1ccc(C(=O)OCc2cccc(Br)c2)nc1. The van der Waals surface area contributed by atoms with Gasteiger partial charge in [0, 0.05) is 4.47 Å². The third-order valence-corrected chi connectivity index (χ3v) is 2.75. The number of carbonyl (C=O) groups is 1. The number of nitrogens with two attached hydrogens (primary N) is 1. The largest absolute Gasteiger partial charge is 0.456 e. The Balaban J connectivity index is 1.98. The molecule has 0 aliphatic rings. The lowest BCUT2D eigenvalue weighted by Gasteiger charge is -2.05. The fourth-order valence-electron chi connectivity index (χ4n) is 1.38. The Bertz CT molecular complexity index is 555. The van der Waals surface area contributed by atoms with Crippen molar-refractivity contribution in [3.05, 3.63) is 58.3 Å². The average Bonchev–Trinajstić information content (AvgIpc) is 2.37. The number of aromatic nitrogens is 1. The highest BCUT2D eigenvalue weighted by Gasteiger charge is 2.08. The lowest BCUT2D eigenvalue weighted by Crippen LogP contribution is -2.07. The van der Waals surface area contributed by atoms with Crippen molar-refractivity contribution in [3.63, 3.8) is 0 Å². The number of esters is 1. The summed E-state index contributed by atoms with van der Waals surface area (Å²) < 4.78 is 6.09. The first-order valence-corrected chi connectivity index (χ1v) is 6.07. The topological polar surface area (TPSA) is 65.2 Å². The molecule has 0 saturated carbocycles. The van der Waals surface area contributed by atoms with E-state index in [4.69, 9.17) is 10.5 Å². The molecule has 0 bridgehead atoms. The second-order valence-electron chi connectivity index (χ2n) is 3.68. The van der Waals surface area contributed by atoms with E-state index in [1.54, 1.807) is 12.1 Å². The van der Waals surface area contributed by atoms with Crippen LogP contribution < -0.4 is 5.73 Å². The molecule has 0 fully saturated rings. The number of benzene rings is 1. The van der Waals surface area contributed by atoms with Crippen LogP contribution in [0.2, 0.25) is 0 Å². The molecule has 0 radical (unpaired) electrons. The van der Waals surface area contributed by atoms with Gasteiger partial charge in [0.1, 0.15) is 12.3 Å². The molecule has 0 saturated heterocycles. The van der Waals surface area contributed by atoms with Crippen LogP contribution in [0.15, 0.2) is 47.1 Å². The molecule has 0 amide bonds. The molecule has 0 unspecified atom stereocenters. The Morgan fingerprint density at radius 1 is 1.33 bits per heavy atom. The number of pyridine rings is 1. The molecule has 18 heavy (non-hydrogen) atoms. The summed E-state index contributed by atoms with van der Waals surface area (Å²) in [6.07, 6.45) is 1.43. The number of carbonyl (C=O) groups excluding carboxylic acids is 1. The smallest absolute Gasteiger partial charge is 0.357 e. The van der Waals surface area contributed by atoms with E-state index in [0.717, 1.165) is 10.0 Å². The van der Waals surface area contributed by atoms with E-state index in [1.165, 1.54) is 6.20 Å². The molecule has 2 N–H and O–H groups in total. The minimum Gasteiger partial charge on any atom is -0.456 e. The van der Waals surface area contributed by atoms with Gasteiger partial charge >= 0.3 is 5.97 Å². The molecule has 0 aliphatic heterocycles. The van der Waals surface area contributed by atoms with E-state index < -0.39 is 5.97 Å². The predicted molar refractivity (Wildman–Crippen MR) is 71.9 cm³/mol. The summed E-state index contributed by atoms with van der Waals surface area (Å²) in [5, 5.41) is 0. The summed E-state index contributed by atoms with van der Waals surface area (Å²) in [4.78, 5) is 15.6. The van der Waals surface area contributed by atoms with E-state index in [9.17, 15) is 4.79 Å². The molecule has 0 aliphatic carbocycles. The van der Waals surface area contributed by atoms with Crippen molar-refractivity contribution in [1.82, 2.24) is 4.98 Å². The molecule has 2 aromatic rings.